The standard InChI is InChI=1S/C5H9NO3/c1-3-4(8-2)6-5(7)9-3/h3-4H,1-2H3,(H,6,7)/t3-,4-/m1/s1. The Morgan fingerprint density at radius 1 is 1.78 bits per heavy atom. The van der Waals surface area contributed by atoms with Crippen LogP contribution in [0.3, 0.4) is 0 Å². The Labute approximate surface area is 53.1 Å². The zero-order chi connectivity index (χ0) is 6.85. The molecule has 1 heterocycles. The molecule has 1 fully saturated rings. The van der Waals surface area contributed by atoms with Crippen LogP contribution in [0.15, 0.2) is 0 Å². The molecule has 0 aromatic rings. The number of rotatable bonds is 1. The number of hydrogen-bond donors (Lipinski definition) is 1. The molecule has 1 saturated heterocycles. The van der Waals surface area contributed by atoms with Crippen molar-refractivity contribution in [3.8, 4) is 0 Å². The zero-order valence-corrected chi connectivity index (χ0v) is 5.38. The summed E-state index contributed by atoms with van der Waals surface area (Å²) in [7, 11) is 1.52. The van der Waals surface area contributed by atoms with E-state index in [1.165, 1.54) is 7.11 Å². The van der Waals surface area contributed by atoms with Crippen molar-refractivity contribution in [2.45, 2.75) is 19.3 Å². The van der Waals surface area contributed by atoms with Gasteiger partial charge < -0.3 is 9.47 Å². The lowest BCUT2D eigenvalue weighted by Gasteiger charge is -2.08. The van der Waals surface area contributed by atoms with E-state index in [9.17, 15) is 4.79 Å². The fourth-order valence-electron chi connectivity index (χ4n) is 0.749. The third kappa shape index (κ3) is 1.13. The van der Waals surface area contributed by atoms with Crippen molar-refractivity contribution < 1.29 is 14.3 Å². The summed E-state index contributed by atoms with van der Waals surface area (Å²) in [5, 5.41) is 2.47. The maximum atomic E-state index is 10.4. The van der Waals surface area contributed by atoms with Gasteiger partial charge in [-0.15, -0.1) is 0 Å². The van der Waals surface area contributed by atoms with Gasteiger partial charge in [-0.25, -0.2) is 4.79 Å². The number of hydrogen-bond acceptors (Lipinski definition) is 3. The summed E-state index contributed by atoms with van der Waals surface area (Å²) < 4.78 is 9.53. The summed E-state index contributed by atoms with van der Waals surface area (Å²) in [5.74, 6) is 0. The zero-order valence-electron chi connectivity index (χ0n) is 5.38. The van der Waals surface area contributed by atoms with Gasteiger partial charge in [0, 0.05) is 7.11 Å². The third-order valence-electron chi connectivity index (χ3n) is 1.23. The van der Waals surface area contributed by atoms with Crippen LogP contribution in [0.1, 0.15) is 6.92 Å². The molecule has 1 aliphatic rings. The molecule has 0 spiro atoms. The van der Waals surface area contributed by atoms with Crippen LogP contribution in [-0.4, -0.2) is 25.5 Å². The monoisotopic (exact) mass is 131 g/mol. The van der Waals surface area contributed by atoms with Gasteiger partial charge in [-0.2, -0.15) is 0 Å². The second kappa shape index (κ2) is 2.23. The molecule has 1 aliphatic heterocycles. The maximum Gasteiger partial charge on any atom is 0.409 e. The third-order valence-corrected chi connectivity index (χ3v) is 1.23. The molecule has 2 atom stereocenters. The Balaban J connectivity index is 2.47. The predicted octanol–water partition coefficient (Wildman–Crippen LogP) is 0.0872. The van der Waals surface area contributed by atoms with Gasteiger partial charge in [-0.05, 0) is 6.92 Å². The lowest BCUT2D eigenvalue weighted by atomic mass is 10.4. The molecule has 4 heteroatoms. The van der Waals surface area contributed by atoms with Crippen molar-refractivity contribution in [3.05, 3.63) is 0 Å². The second-order valence-electron chi connectivity index (χ2n) is 1.91. The van der Waals surface area contributed by atoms with Crippen LogP contribution >= 0.6 is 0 Å². The van der Waals surface area contributed by atoms with Crippen molar-refractivity contribution in [1.82, 2.24) is 5.32 Å². The van der Waals surface area contributed by atoms with Gasteiger partial charge in [0.2, 0.25) is 0 Å². The summed E-state index contributed by atoms with van der Waals surface area (Å²) in [6.45, 7) is 1.77. The molecule has 0 bridgehead atoms. The fourth-order valence-corrected chi connectivity index (χ4v) is 0.749. The highest BCUT2D eigenvalue weighted by Gasteiger charge is 2.29. The van der Waals surface area contributed by atoms with E-state index in [0.29, 0.717) is 0 Å². The largest absolute Gasteiger partial charge is 0.442 e. The van der Waals surface area contributed by atoms with Crippen molar-refractivity contribution in [2.75, 3.05) is 7.11 Å². The number of carbonyl (C=O) groups is 1. The first-order valence-electron chi connectivity index (χ1n) is 2.74. The van der Waals surface area contributed by atoms with Gasteiger partial charge in [-0.3, -0.25) is 5.32 Å². The Hall–Kier alpha value is -0.770. The first-order chi connectivity index (χ1) is 4.24. The summed E-state index contributed by atoms with van der Waals surface area (Å²) >= 11 is 0. The smallest absolute Gasteiger partial charge is 0.409 e. The highest BCUT2D eigenvalue weighted by Crippen LogP contribution is 2.06. The lowest BCUT2D eigenvalue weighted by molar-refractivity contribution is 0.0311. The van der Waals surface area contributed by atoms with E-state index in [1.807, 2.05) is 0 Å². The summed E-state index contributed by atoms with van der Waals surface area (Å²) in [6.07, 6.45) is -0.866. The molecule has 0 aromatic carbocycles. The molecule has 1 amide bonds. The topological polar surface area (TPSA) is 47.6 Å². The highest BCUT2D eigenvalue weighted by molar-refractivity contribution is 5.69. The molecule has 1 N–H and O–H groups in total. The van der Waals surface area contributed by atoms with Crippen molar-refractivity contribution in [3.63, 3.8) is 0 Å². The van der Waals surface area contributed by atoms with E-state index < -0.39 is 6.09 Å². The average Bonchev–Trinajstić information content (AvgIpc) is 2.10. The van der Waals surface area contributed by atoms with Gasteiger partial charge in [0.05, 0.1) is 0 Å². The second-order valence-corrected chi connectivity index (χ2v) is 1.91. The molecular weight excluding hydrogens is 122 g/mol. The van der Waals surface area contributed by atoms with Crippen LogP contribution in [-0.2, 0) is 9.47 Å². The molecule has 1 rings (SSSR count). The number of ether oxygens (including phenoxy) is 2. The van der Waals surface area contributed by atoms with Crippen molar-refractivity contribution in [2.24, 2.45) is 0 Å². The molecule has 0 aliphatic carbocycles. The van der Waals surface area contributed by atoms with E-state index in [1.54, 1.807) is 6.92 Å². The van der Waals surface area contributed by atoms with E-state index in [2.05, 4.69) is 10.1 Å². The number of nitrogens with one attached hydrogen (secondary N) is 1. The van der Waals surface area contributed by atoms with E-state index in [0.717, 1.165) is 0 Å². The fraction of sp³-hybridized carbons (Fsp3) is 0.800. The van der Waals surface area contributed by atoms with Gasteiger partial charge in [0.25, 0.3) is 0 Å². The average molecular weight is 131 g/mol. The minimum Gasteiger partial charge on any atom is -0.442 e. The number of carbonyl (C=O) groups excluding carboxylic acids is 1. The molecule has 0 aromatic heterocycles. The Morgan fingerprint density at radius 3 is 2.67 bits per heavy atom. The first kappa shape index (κ1) is 6.35. The molecule has 0 unspecified atom stereocenters. The number of amides is 1. The first-order valence-corrected chi connectivity index (χ1v) is 2.74. The van der Waals surface area contributed by atoms with E-state index >= 15 is 0 Å². The molecule has 9 heavy (non-hydrogen) atoms. The molecule has 4 nitrogen and oxygen atoms in total. The SMILES string of the molecule is CO[C@H]1NC(=O)O[C@@H]1C. The van der Waals surface area contributed by atoms with Gasteiger partial charge in [-0.1, -0.05) is 0 Å². The normalized spacial score (nSPS) is 33.8. The quantitative estimate of drug-likeness (QED) is 0.548. The van der Waals surface area contributed by atoms with Gasteiger partial charge in [0.1, 0.15) is 6.10 Å². The Bertz CT molecular complexity index is 125. The van der Waals surface area contributed by atoms with Gasteiger partial charge in [0.15, 0.2) is 6.23 Å². The Kier molecular flexibility index (Phi) is 1.57. The van der Waals surface area contributed by atoms with Crippen LogP contribution in [0.4, 0.5) is 4.79 Å². The van der Waals surface area contributed by atoms with Crippen LogP contribution < -0.4 is 5.32 Å². The molecular formula is C5H9NO3. The summed E-state index contributed by atoms with van der Waals surface area (Å²) in [5.41, 5.74) is 0. The Morgan fingerprint density at radius 2 is 2.44 bits per heavy atom. The number of methoxy groups -OCH3 is 1. The molecule has 0 saturated carbocycles. The summed E-state index contributed by atoms with van der Waals surface area (Å²) in [6, 6.07) is 0. The van der Waals surface area contributed by atoms with E-state index in [4.69, 9.17) is 4.74 Å². The maximum absolute atomic E-state index is 10.4. The lowest BCUT2D eigenvalue weighted by Crippen LogP contribution is -2.31. The van der Waals surface area contributed by atoms with Gasteiger partial charge >= 0.3 is 6.09 Å². The predicted molar refractivity (Wildman–Crippen MR) is 29.9 cm³/mol. The van der Waals surface area contributed by atoms with Crippen LogP contribution in [0, 0.1) is 0 Å². The number of cyclic esters (lactones) is 1. The highest BCUT2D eigenvalue weighted by atomic mass is 16.6. The van der Waals surface area contributed by atoms with E-state index in [-0.39, 0.29) is 12.3 Å². The molecule has 0 radical (unpaired) electrons. The van der Waals surface area contributed by atoms with Crippen molar-refractivity contribution in [1.29, 1.82) is 0 Å². The van der Waals surface area contributed by atoms with Crippen molar-refractivity contribution >= 4 is 6.09 Å². The minimum absolute atomic E-state index is 0.178. The number of alkyl carbamates (subject to hydrolysis) is 1. The van der Waals surface area contributed by atoms with Crippen LogP contribution in [0.2, 0.25) is 0 Å². The van der Waals surface area contributed by atoms with Crippen LogP contribution in [0.5, 0.6) is 0 Å². The summed E-state index contributed by atoms with van der Waals surface area (Å²) in [4.78, 5) is 10.4. The molecule has 52 valence electrons. The minimum atomic E-state index is -0.408. The van der Waals surface area contributed by atoms with Crippen LogP contribution in [0.25, 0.3) is 0 Å².